The van der Waals surface area contributed by atoms with Crippen molar-refractivity contribution < 1.29 is 5.02 Å². The molecule has 1 nitrogen and oxygen atoms in total. The van der Waals surface area contributed by atoms with Crippen molar-refractivity contribution in [1.29, 1.82) is 0 Å². The third-order valence-corrected chi connectivity index (χ3v) is 1.54. The summed E-state index contributed by atoms with van der Waals surface area (Å²) in [5.74, 6) is 0. The van der Waals surface area contributed by atoms with Crippen LogP contribution in [0.4, 0.5) is 0 Å². The molecule has 0 heterocycles. The molecule has 10 heavy (non-hydrogen) atoms. The second-order valence-corrected chi connectivity index (χ2v) is 2.81. The van der Waals surface area contributed by atoms with Gasteiger partial charge in [0.25, 0.3) is 0 Å². The molecule has 1 aromatic rings. The smallest absolute Gasteiger partial charge is 0.304 e. The van der Waals surface area contributed by atoms with E-state index in [1.54, 1.807) is 18.2 Å². The highest BCUT2D eigenvalue weighted by molar-refractivity contribution is 6.47. The van der Waals surface area contributed by atoms with E-state index >= 15 is 0 Å². The fourth-order valence-corrected chi connectivity index (χ4v) is 1.27. The molecule has 0 spiro atoms. The Morgan fingerprint density at radius 3 is 2.00 bits per heavy atom. The van der Waals surface area contributed by atoms with E-state index in [9.17, 15) is 0 Å². The molecule has 0 aliphatic carbocycles. The molecule has 0 radical (unpaired) electrons. The molecule has 0 aliphatic heterocycles. The van der Waals surface area contributed by atoms with Gasteiger partial charge in [0, 0.05) is 10.0 Å². The minimum Gasteiger partial charge on any atom is -0.449 e. The average molecular weight is 175 g/mol. The lowest BCUT2D eigenvalue weighted by molar-refractivity contribution is 0.615. The molecule has 0 saturated carbocycles. The fourth-order valence-electron chi connectivity index (χ4n) is 0.702. The summed E-state index contributed by atoms with van der Waals surface area (Å²) in [6, 6.07) is 4.98. The summed E-state index contributed by atoms with van der Waals surface area (Å²) in [6.07, 6.45) is 0. The summed E-state index contributed by atoms with van der Waals surface area (Å²) in [7, 11) is -0.0275. The highest BCUT2D eigenvalue weighted by Gasteiger charge is 1.96. The molecule has 4 heteroatoms. The van der Waals surface area contributed by atoms with Crippen molar-refractivity contribution in [2.75, 3.05) is 0 Å². The Bertz CT molecular complexity index is 219. The van der Waals surface area contributed by atoms with Crippen molar-refractivity contribution >= 4 is 36.1 Å². The van der Waals surface area contributed by atoms with Gasteiger partial charge in [0.05, 0.1) is 0 Å². The second-order valence-electron chi connectivity index (χ2n) is 1.94. The number of benzene rings is 1. The highest BCUT2D eigenvalue weighted by Crippen LogP contribution is 2.12. The monoisotopic (exact) mass is 174 g/mol. The van der Waals surface area contributed by atoms with Gasteiger partial charge >= 0.3 is 7.48 Å². The first kappa shape index (κ1) is 7.93. The van der Waals surface area contributed by atoms with Crippen LogP contribution >= 0.6 is 23.2 Å². The van der Waals surface area contributed by atoms with E-state index in [0.29, 0.717) is 10.0 Å². The number of hydrogen-bond acceptors (Lipinski definition) is 1. The summed E-state index contributed by atoms with van der Waals surface area (Å²) >= 11 is 11.3. The Morgan fingerprint density at radius 2 is 1.60 bits per heavy atom. The van der Waals surface area contributed by atoms with Gasteiger partial charge in [-0.3, -0.25) is 0 Å². The fraction of sp³-hybridized carbons (Fsp3) is 0. The van der Waals surface area contributed by atoms with Crippen LogP contribution in [0.2, 0.25) is 10.0 Å². The largest absolute Gasteiger partial charge is 0.449 e. The third kappa shape index (κ3) is 1.91. The molecule has 0 bridgehead atoms. The Hall–Kier alpha value is -0.175. The zero-order chi connectivity index (χ0) is 7.56. The summed E-state index contributed by atoms with van der Waals surface area (Å²) in [4.78, 5) is 0. The maximum atomic E-state index is 8.67. The van der Waals surface area contributed by atoms with Gasteiger partial charge in [-0.1, -0.05) is 28.7 Å². The van der Waals surface area contributed by atoms with Gasteiger partial charge in [-0.15, -0.1) is 0 Å². The van der Waals surface area contributed by atoms with Crippen LogP contribution in [0.5, 0.6) is 0 Å². The maximum Gasteiger partial charge on any atom is 0.304 e. The summed E-state index contributed by atoms with van der Waals surface area (Å²) in [6.45, 7) is 0. The molecule has 1 aromatic carbocycles. The Balaban J connectivity index is 3.06. The predicted octanol–water partition coefficient (Wildman–Crippen LogP) is 0.962. The minimum absolute atomic E-state index is 0.0275. The number of halogens is 2. The maximum absolute atomic E-state index is 8.67. The molecule has 0 saturated heterocycles. The molecule has 0 aromatic heterocycles. The van der Waals surface area contributed by atoms with Gasteiger partial charge < -0.3 is 5.02 Å². The second kappa shape index (κ2) is 3.29. The van der Waals surface area contributed by atoms with Crippen LogP contribution in [0.3, 0.4) is 0 Å². The van der Waals surface area contributed by atoms with Crippen molar-refractivity contribution in [1.82, 2.24) is 0 Å². The molecule has 0 amide bonds. The van der Waals surface area contributed by atoms with E-state index in [1.165, 1.54) is 0 Å². The van der Waals surface area contributed by atoms with E-state index in [-0.39, 0.29) is 7.48 Å². The first-order valence-electron chi connectivity index (χ1n) is 2.78. The SMILES string of the molecule is OBc1cc(Cl)cc(Cl)c1. The molecule has 0 unspecified atom stereocenters. The molecular weight excluding hydrogens is 170 g/mol. The van der Waals surface area contributed by atoms with Gasteiger partial charge in [0.1, 0.15) is 0 Å². The first-order valence-corrected chi connectivity index (χ1v) is 3.54. The van der Waals surface area contributed by atoms with Crippen LogP contribution in [-0.4, -0.2) is 12.5 Å². The molecule has 1 rings (SSSR count). The van der Waals surface area contributed by atoms with E-state index < -0.39 is 0 Å². The van der Waals surface area contributed by atoms with Gasteiger partial charge in [-0.05, 0) is 18.2 Å². The van der Waals surface area contributed by atoms with Crippen molar-refractivity contribution in [2.24, 2.45) is 0 Å². The number of hydrogen-bond donors (Lipinski definition) is 1. The third-order valence-electron chi connectivity index (χ3n) is 1.10. The molecule has 1 N–H and O–H groups in total. The minimum atomic E-state index is -0.0275. The first-order chi connectivity index (χ1) is 4.72. The number of rotatable bonds is 1. The van der Waals surface area contributed by atoms with E-state index in [1.807, 2.05) is 0 Å². The van der Waals surface area contributed by atoms with Crippen molar-refractivity contribution in [3.05, 3.63) is 28.2 Å². The van der Waals surface area contributed by atoms with Crippen molar-refractivity contribution in [3.63, 3.8) is 0 Å². The molecule has 0 fully saturated rings. The quantitative estimate of drug-likeness (QED) is 0.630. The van der Waals surface area contributed by atoms with E-state index in [2.05, 4.69) is 0 Å². The lowest BCUT2D eigenvalue weighted by atomic mass is 9.89. The Morgan fingerprint density at radius 1 is 1.10 bits per heavy atom. The highest BCUT2D eigenvalue weighted by atomic mass is 35.5. The van der Waals surface area contributed by atoms with Crippen LogP contribution < -0.4 is 5.46 Å². The lowest BCUT2D eigenvalue weighted by Crippen LogP contribution is -2.12. The molecule has 0 aliphatic rings. The zero-order valence-corrected chi connectivity index (χ0v) is 6.65. The van der Waals surface area contributed by atoms with E-state index in [4.69, 9.17) is 28.2 Å². The van der Waals surface area contributed by atoms with Crippen LogP contribution in [-0.2, 0) is 0 Å². The van der Waals surface area contributed by atoms with Gasteiger partial charge in [-0.25, -0.2) is 0 Å². The van der Waals surface area contributed by atoms with Crippen LogP contribution in [0.15, 0.2) is 18.2 Å². The van der Waals surface area contributed by atoms with Crippen molar-refractivity contribution in [2.45, 2.75) is 0 Å². The molecule has 0 atom stereocenters. The van der Waals surface area contributed by atoms with Gasteiger partial charge in [0.15, 0.2) is 0 Å². The van der Waals surface area contributed by atoms with Gasteiger partial charge in [-0.2, -0.15) is 0 Å². The van der Waals surface area contributed by atoms with Crippen LogP contribution in [0, 0.1) is 0 Å². The average Bonchev–Trinajstić information content (AvgIpc) is 1.85. The summed E-state index contributed by atoms with van der Waals surface area (Å²) in [5.41, 5.74) is 0.734. The standard InChI is InChI=1S/C6H5BCl2O/c8-5-1-4(7-10)2-6(9)3-5/h1-3,7,10H. The summed E-state index contributed by atoms with van der Waals surface area (Å²) in [5, 5.41) is 9.77. The Kier molecular flexibility index (Phi) is 2.60. The van der Waals surface area contributed by atoms with Gasteiger partial charge in [0.2, 0.25) is 0 Å². The van der Waals surface area contributed by atoms with Crippen LogP contribution in [0.1, 0.15) is 0 Å². The predicted molar refractivity (Wildman–Crippen MR) is 45.5 cm³/mol. The molecular formula is C6H5BCl2O. The normalized spacial score (nSPS) is 9.50. The lowest BCUT2D eigenvalue weighted by Gasteiger charge is -1.95. The summed E-state index contributed by atoms with van der Waals surface area (Å²) < 4.78 is 0. The Labute approximate surface area is 69.9 Å². The van der Waals surface area contributed by atoms with Crippen LogP contribution in [0.25, 0.3) is 0 Å². The molecule has 52 valence electrons. The topological polar surface area (TPSA) is 20.2 Å². The zero-order valence-electron chi connectivity index (χ0n) is 5.14. The van der Waals surface area contributed by atoms with E-state index in [0.717, 1.165) is 5.46 Å². The van der Waals surface area contributed by atoms with Crippen molar-refractivity contribution in [3.8, 4) is 0 Å².